The number of benzene rings is 2. The van der Waals surface area contributed by atoms with Crippen LogP contribution in [-0.2, 0) is 11.4 Å². The summed E-state index contributed by atoms with van der Waals surface area (Å²) in [4.78, 5) is 14.6. The van der Waals surface area contributed by atoms with Crippen molar-refractivity contribution in [2.45, 2.75) is 31.5 Å². The van der Waals surface area contributed by atoms with Crippen LogP contribution in [0.3, 0.4) is 0 Å². The standard InChI is InChI=1S/C23H25FN4O2S/c1-17-11-13-27(14-12-17)22(29)16-31-23-26-25-21(28(23)18-7-3-2-4-8-18)15-30-20-10-6-5-9-19(20)24/h2-10,17H,11-16H2,1H3. The number of thioether (sulfide) groups is 1. The number of aromatic nitrogens is 3. The second-order valence-electron chi connectivity index (χ2n) is 7.64. The molecule has 162 valence electrons. The number of piperidine rings is 1. The summed E-state index contributed by atoms with van der Waals surface area (Å²) in [6, 6.07) is 15.9. The molecule has 0 aliphatic carbocycles. The molecule has 1 amide bonds. The maximum atomic E-state index is 13.9. The first-order chi connectivity index (χ1) is 15.1. The van der Waals surface area contributed by atoms with E-state index in [0.29, 0.717) is 22.7 Å². The monoisotopic (exact) mass is 440 g/mol. The fourth-order valence-corrected chi connectivity index (χ4v) is 4.38. The van der Waals surface area contributed by atoms with Crippen LogP contribution in [0.2, 0.25) is 0 Å². The van der Waals surface area contributed by atoms with Gasteiger partial charge in [0.2, 0.25) is 5.91 Å². The molecule has 0 spiro atoms. The smallest absolute Gasteiger partial charge is 0.233 e. The quantitative estimate of drug-likeness (QED) is 0.512. The minimum absolute atomic E-state index is 0.0569. The fraction of sp³-hybridized carbons (Fsp3) is 0.348. The summed E-state index contributed by atoms with van der Waals surface area (Å²) in [7, 11) is 0. The van der Waals surface area contributed by atoms with E-state index in [2.05, 4.69) is 17.1 Å². The van der Waals surface area contributed by atoms with Crippen molar-refractivity contribution in [1.82, 2.24) is 19.7 Å². The summed E-state index contributed by atoms with van der Waals surface area (Å²) < 4.78 is 21.4. The summed E-state index contributed by atoms with van der Waals surface area (Å²) in [6.45, 7) is 3.91. The van der Waals surface area contributed by atoms with Crippen LogP contribution in [0.1, 0.15) is 25.6 Å². The lowest BCUT2D eigenvalue weighted by Crippen LogP contribution is -2.38. The molecule has 1 fully saturated rings. The molecule has 0 bridgehead atoms. The summed E-state index contributed by atoms with van der Waals surface area (Å²) in [5.41, 5.74) is 0.862. The van der Waals surface area contributed by atoms with E-state index in [1.54, 1.807) is 18.2 Å². The lowest BCUT2D eigenvalue weighted by Gasteiger charge is -2.30. The van der Waals surface area contributed by atoms with Crippen molar-refractivity contribution in [1.29, 1.82) is 0 Å². The van der Waals surface area contributed by atoms with Crippen LogP contribution in [0.5, 0.6) is 5.75 Å². The molecule has 1 aliphatic rings. The summed E-state index contributed by atoms with van der Waals surface area (Å²) in [6.07, 6.45) is 2.10. The van der Waals surface area contributed by atoms with Crippen LogP contribution in [0.25, 0.3) is 5.69 Å². The van der Waals surface area contributed by atoms with E-state index < -0.39 is 5.82 Å². The van der Waals surface area contributed by atoms with Gasteiger partial charge in [0.25, 0.3) is 0 Å². The van der Waals surface area contributed by atoms with Crippen molar-refractivity contribution >= 4 is 17.7 Å². The average Bonchev–Trinajstić information content (AvgIpc) is 3.21. The Balaban J connectivity index is 1.49. The highest BCUT2D eigenvalue weighted by Crippen LogP contribution is 2.25. The maximum Gasteiger partial charge on any atom is 0.233 e. The van der Waals surface area contributed by atoms with Gasteiger partial charge in [-0.25, -0.2) is 4.39 Å². The predicted molar refractivity (Wildman–Crippen MR) is 118 cm³/mol. The highest BCUT2D eigenvalue weighted by Gasteiger charge is 2.22. The van der Waals surface area contributed by atoms with E-state index in [4.69, 9.17) is 4.74 Å². The Bertz CT molecular complexity index is 1020. The molecule has 0 N–H and O–H groups in total. The van der Waals surface area contributed by atoms with Gasteiger partial charge in [-0.2, -0.15) is 0 Å². The third-order valence-electron chi connectivity index (χ3n) is 5.37. The number of hydrogen-bond acceptors (Lipinski definition) is 5. The second-order valence-corrected chi connectivity index (χ2v) is 8.58. The molecule has 2 heterocycles. The SMILES string of the molecule is CC1CCN(C(=O)CSc2nnc(COc3ccccc3F)n2-c2ccccc2)CC1. The van der Waals surface area contributed by atoms with Crippen molar-refractivity contribution in [3.63, 3.8) is 0 Å². The number of carbonyl (C=O) groups excluding carboxylic acids is 1. The van der Waals surface area contributed by atoms with Gasteiger partial charge >= 0.3 is 0 Å². The Morgan fingerprint density at radius 3 is 2.55 bits per heavy atom. The molecule has 3 aromatic rings. The average molecular weight is 441 g/mol. The molecule has 2 aromatic carbocycles. The first kappa shape index (κ1) is 21.4. The molecule has 0 saturated carbocycles. The topological polar surface area (TPSA) is 60.3 Å². The highest BCUT2D eigenvalue weighted by atomic mass is 32.2. The molecular formula is C23H25FN4O2S. The van der Waals surface area contributed by atoms with E-state index in [1.807, 2.05) is 39.8 Å². The van der Waals surface area contributed by atoms with Crippen LogP contribution in [0, 0.1) is 11.7 Å². The van der Waals surface area contributed by atoms with Crippen LogP contribution < -0.4 is 4.74 Å². The van der Waals surface area contributed by atoms with Gasteiger partial charge < -0.3 is 9.64 Å². The summed E-state index contributed by atoms with van der Waals surface area (Å²) >= 11 is 1.36. The zero-order valence-electron chi connectivity index (χ0n) is 17.4. The number of rotatable bonds is 7. The van der Waals surface area contributed by atoms with Gasteiger partial charge in [-0.05, 0) is 43.0 Å². The zero-order chi connectivity index (χ0) is 21.6. The molecule has 4 rings (SSSR count). The molecular weight excluding hydrogens is 415 g/mol. The molecule has 6 nitrogen and oxygen atoms in total. The Morgan fingerprint density at radius 2 is 1.81 bits per heavy atom. The Labute approximate surface area is 185 Å². The number of para-hydroxylation sites is 2. The Morgan fingerprint density at radius 1 is 1.10 bits per heavy atom. The fourth-order valence-electron chi connectivity index (χ4n) is 3.50. The van der Waals surface area contributed by atoms with Crippen LogP contribution in [0.4, 0.5) is 4.39 Å². The number of carbonyl (C=O) groups is 1. The molecule has 8 heteroatoms. The lowest BCUT2D eigenvalue weighted by atomic mass is 9.99. The molecule has 31 heavy (non-hydrogen) atoms. The third-order valence-corrected chi connectivity index (χ3v) is 6.28. The largest absolute Gasteiger partial charge is 0.483 e. The number of nitrogens with zero attached hydrogens (tertiary/aromatic N) is 4. The van der Waals surface area contributed by atoms with Gasteiger partial charge in [-0.1, -0.05) is 49.0 Å². The minimum Gasteiger partial charge on any atom is -0.483 e. The molecule has 0 radical (unpaired) electrons. The van der Waals surface area contributed by atoms with E-state index >= 15 is 0 Å². The Hall–Kier alpha value is -2.87. The van der Waals surface area contributed by atoms with Crippen molar-refractivity contribution in [3.05, 3.63) is 66.2 Å². The van der Waals surface area contributed by atoms with Gasteiger partial charge in [0, 0.05) is 18.8 Å². The number of amides is 1. The summed E-state index contributed by atoms with van der Waals surface area (Å²) in [5.74, 6) is 1.36. The third kappa shape index (κ3) is 5.25. The van der Waals surface area contributed by atoms with Gasteiger partial charge in [0.05, 0.1) is 5.75 Å². The van der Waals surface area contributed by atoms with E-state index in [1.165, 1.54) is 17.8 Å². The van der Waals surface area contributed by atoms with Gasteiger partial charge in [0.15, 0.2) is 22.5 Å². The van der Waals surface area contributed by atoms with Crippen molar-refractivity contribution in [2.24, 2.45) is 5.92 Å². The number of halogens is 1. The second kappa shape index (κ2) is 9.96. The van der Waals surface area contributed by atoms with Crippen molar-refractivity contribution in [3.8, 4) is 11.4 Å². The van der Waals surface area contributed by atoms with Crippen molar-refractivity contribution < 1.29 is 13.9 Å². The molecule has 1 aromatic heterocycles. The van der Waals surface area contributed by atoms with E-state index in [-0.39, 0.29) is 18.3 Å². The minimum atomic E-state index is -0.427. The van der Waals surface area contributed by atoms with E-state index in [9.17, 15) is 9.18 Å². The van der Waals surface area contributed by atoms with Crippen LogP contribution in [-0.4, -0.2) is 44.4 Å². The van der Waals surface area contributed by atoms with Gasteiger partial charge in [-0.3, -0.25) is 9.36 Å². The first-order valence-corrected chi connectivity index (χ1v) is 11.4. The van der Waals surface area contributed by atoms with E-state index in [0.717, 1.165) is 31.6 Å². The zero-order valence-corrected chi connectivity index (χ0v) is 18.2. The summed E-state index contributed by atoms with van der Waals surface area (Å²) in [5, 5.41) is 9.15. The highest BCUT2D eigenvalue weighted by molar-refractivity contribution is 7.99. The van der Waals surface area contributed by atoms with Gasteiger partial charge in [-0.15, -0.1) is 10.2 Å². The van der Waals surface area contributed by atoms with Gasteiger partial charge in [0.1, 0.15) is 6.61 Å². The number of ether oxygens (including phenoxy) is 1. The molecule has 0 atom stereocenters. The first-order valence-electron chi connectivity index (χ1n) is 10.4. The maximum absolute atomic E-state index is 13.9. The van der Waals surface area contributed by atoms with Crippen molar-refractivity contribution in [2.75, 3.05) is 18.8 Å². The Kier molecular flexibility index (Phi) is 6.86. The van der Waals surface area contributed by atoms with Crippen LogP contribution in [0.15, 0.2) is 59.8 Å². The molecule has 1 saturated heterocycles. The predicted octanol–water partition coefficient (Wildman–Crippen LogP) is 4.34. The molecule has 0 unspecified atom stereocenters. The number of hydrogen-bond donors (Lipinski definition) is 0. The molecule has 1 aliphatic heterocycles. The van der Waals surface area contributed by atoms with Crippen LogP contribution >= 0.6 is 11.8 Å². The number of likely N-dealkylation sites (tertiary alicyclic amines) is 1. The normalized spacial score (nSPS) is 14.6. The lowest BCUT2D eigenvalue weighted by molar-refractivity contribution is -0.129.